The van der Waals surface area contributed by atoms with Crippen LogP contribution in [0, 0.1) is 5.82 Å². The van der Waals surface area contributed by atoms with Gasteiger partial charge < -0.3 is 14.9 Å². The molecule has 0 unspecified atom stereocenters. The lowest BCUT2D eigenvalue weighted by Gasteiger charge is -2.08. The van der Waals surface area contributed by atoms with Gasteiger partial charge in [0.25, 0.3) is 5.91 Å². The van der Waals surface area contributed by atoms with E-state index in [9.17, 15) is 14.0 Å². The largest absolute Gasteiger partial charge is 0.453 e. The highest BCUT2D eigenvalue weighted by molar-refractivity contribution is 5.81. The number of hydrogen-bond acceptors (Lipinski definition) is 5. The van der Waals surface area contributed by atoms with Crippen LogP contribution in [0.2, 0.25) is 0 Å². The fourth-order valence-corrected chi connectivity index (χ4v) is 1.73. The van der Waals surface area contributed by atoms with Gasteiger partial charge in [-0.05, 0) is 19.1 Å². The molecule has 2 rings (SSSR count). The van der Waals surface area contributed by atoms with Gasteiger partial charge in [-0.25, -0.2) is 9.37 Å². The van der Waals surface area contributed by atoms with Crippen molar-refractivity contribution in [2.24, 2.45) is 5.73 Å². The number of amides is 1. The van der Waals surface area contributed by atoms with E-state index in [1.807, 2.05) is 0 Å². The maximum Gasteiger partial charge on any atom is 0.307 e. The molecular formula is C15H15FN2O4. The molecule has 1 aromatic heterocycles. The van der Waals surface area contributed by atoms with Gasteiger partial charge in [0.2, 0.25) is 0 Å². The van der Waals surface area contributed by atoms with Crippen molar-refractivity contribution in [2.75, 3.05) is 0 Å². The lowest BCUT2D eigenvalue weighted by atomic mass is 10.2. The van der Waals surface area contributed by atoms with Gasteiger partial charge in [-0.2, -0.15) is 0 Å². The summed E-state index contributed by atoms with van der Waals surface area (Å²) in [4.78, 5) is 26.3. The number of halogens is 1. The Balaban J connectivity index is 1.94. The van der Waals surface area contributed by atoms with Gasteiger partial charge in [-0.3, -0.25) is 9.59 Å². The third-order valence-corrected chi connectivity index (χ3v) is 2.94. The molecule has 2 aromatic rings. The normalized spacial score (nSPS) is 11.9. The Labute approximate surface area is 126 Å². The van der Waals surface area contributed by atoms with Crippen molar-refractivity contribution in [3.05, 3.63) is 42.2 Å². The molecule has 0 aliphatic heterocycles. The standard InChI is InChI=1S/C15H15FN2O4/c1-9(15(17)20)21-14(19)7-6-13-18-8-12(22-13)10-4-2-3-5-11(10)16/h2-5,8-9H,6-7H2,1H3,(H2,17,20)/t9-/m1/s1. The highest BCUT2D eigenvalue weighted by Crippen LogP contribution is 2.23. The van der Waals surface area contributed by atoms with E-state index in [1.165, 1.54) is 19.2 Å². The average molecular weight is 306 g/mol. The zero-order valence-corrected chi connectivity index (χ0v) is 11.9. The minimum Gasteiger partial charge on any atom is -0.453 e. The minimum atomic E-state index is -0.981. The summed E-state index contributed by atoms with van der Waals surface area (Å²) in [5, 5.41) is 0. The Morgan fingerprint density at radius 2 is 2.14 bits per heavy atom. The van der Waals surface area contributed by atoms with E-state index in [0.717, 1.165) is 0 Å². The third kappa shape index (κ3) is 3.91. The number of benzene rings is 1. The third-order valence-electron chi connectivity index (χ3n) is 2.94. The summed E-state index contributed by atoms with van der Waals surface area (Å²) in [6.45, 7) is 1.39. The van der Waals surface area contributed by atoms with Crippen LogP contribution in [0.3, 0.4) is 0 Å². The molecule has 1 aromatic carbocycles. The second-order valence-corrected chi connectivity index (χ2v) is 4.63. The van der Waals surface area contributed by atoms with E-state index in [2.05, 4.69) is 4.98 Å². The van der Waals surface area contributed by atoms with Gasteiger partial charge in [0.1, 0.15) is 5.82 Å². The molecule has 116 valence electrons. The monoisotopic (exact) mass is 306 g/mol. The molecule has 7 heteroatoms. The number of rotatable bonds is 6. The number of nitrogens with two attached hydrogens (primary N) is 1. The first-order chi connectivity index (χ1) is 10.5. The summed E-state index contributed by atoms with van der Waals surface area (Å²) >= 11 is 0. The number of oxazole rings is 1. The topological polar surface area (TPSA) is 95.4 Å². The molecule has 0 aliphatic rings. The molecule has 6 nitrogen and oxygen atoms in total. The summed E-state index contributed by atoms with van der Waals surface area (Å²) in [7, 11) is 0. The van der Waals surface area contributed by atoms with Crippen LogP contribution in [0.25, 0.3) is 11.3 Å². The van der Waals surface area contributed by atoms with Crippen molar-refractivity contribution in [3.63, 3.8) is 0 Å². The molecule has 22 heavy (non-hydrogen) atoms. The number of primary amides is 1. The van der Waals surface area contributed by atoms with Crippen LogP contribution < -0.4 is 5.73 Å². The van der Waals surface area contributed by atoms with Crippen LogP contribution >= 0.6 is 0 Å². The van der Waals surface area contributed by atoms with Crippen LogP contribution in [0.5, 0.6) is 0 Å². The molecule has 0 saturated carbocycles. The predicted octanol–water partition coefficient (Wildman–Crippen LogP) is 1.83. The van der Waals surface area contributed by atoms with Crippen LogP contribution in [0.4, 0.5) is 4.39 Å². The summed E-state index contributed by atoms with van der Waals surface area (Å²) in [6.07, 6.45) is 0.574. The van der Waals surface area contributed by atoms with Crippen molar-refractivity contribution in [1.82, 2.24) is 4.98 Å². The summed E-state index contributed by atoms with van der Waals surface area (Å²) in [5.41, 5.74) is 5.29. The van der Waals surface area contributed by atoms with Crippen LogP contribution in [0.1, 0.15) is 19.2 Å². The average Bonchev–Trinajstić information content (AvgIpc) is 2.94. The molecule has 1 atom stereocenters. The van der Waals surface area contributed by atoms with Gasteiger partial charge in [0.15, 0.2) is 17.8 Å². The van der Waals surface area contributed by atoms with Crippen molar-refractivity contribution in [2.45, 2.75) is 25.9 Å². The molecule has 0 spiro atoms. The number of aryl methyl sites for hydroxylation is 1. The number of esters is 1. The van der Waals surface area contributed by atoms with Crippen LogP contribution in [0.15, 0.2) is 34.9 Å². The smallest absolute Gasteiger partial charge is 0.307 e. The number of carbonyl (C=O) groups excluding carboxylic acids is 2. The SMILES string of the molecule is C[C@@H](OC(=O)CCc1ncc(-c2ccccc2F)o1)C(N)=O. The first-order valence-corrected chi connectivity index (χ1v) is 6.65. The van der Waals surface area contributed by atoms with Crippen molar-refractivity contribution in [3.8, 4) is 11.3 Å². The number of aromatic nitrogens is 1. The minimum absolute atomic E-state index is 0.0190. The number of ether oxygens (including phenoxy) is 1. The summed E-state index contributed by atoms with van der Waals surface area (Å²) < 4.78 is 23.8. The molecule has 0 aliphatic carbocycles. The highest BCUT2D eigenvalue weighted by Gasteiger charge is 2.16. The van der Waals surface area contributed by atoms with E-state index < -0.39 is 23.8 Å². The Kier molecular flexibility index (Phi) is 4.88. The second kappa shape index (κ2) is 6.84. The van der Waals surface area contributed by atoms with E-state index in [1.54, 1.807) is 18.2 Å². The van der Waals surface area contributed by atoms with Gasteiger partial charge in [-0.15, -0.1) is 0 Å². The Morgan fingerprint density at radius 1 is 1.41 bits per heavy atom. The zero-order valence-electron chi connectivity index (χ0n) is 11.9. The van der Waals surface area contributed by atoms with E-state index in [0.29, 0.717) is 5.56 Å². The molecule has 0 bridgehead atoms. The number of hydrogen-bond donors (Lipinski definition) is 1. The molecule has 1 amide bonds. The van der Waals surface area contributed by atoms with Crippen LogP contribution in [-0.4, -0.2) is 23.0 Å². The maximum atomic E-state index is 13.6. The Bertz CT molecular complexity index is 684. The van der Waals surface area contributed by atoms with Crippen LogP contribution in [-0.2, 0) is 20.7 Å². The van der Waals surface area contributed by atoms with E-state index in [-0.39, 0.29) is 24.5 Å². The van der Waals surface area contributed by atoms with Gasteiger partial charge >= 0.3 is 5.97 Å². The summed E-state index contributed by atoms with van der Waals surface area (Å²) in [5.74, 6) is -1.16. The van der Waals surface area contributed by atoms with Crippen molar-refractivity contribution in [1.29, 1.82) is 0 Å². The lowest BCUT2D eigenvalue weighted by molar-refractivity contribution is -0.153. The molecule has 1 heterocycles. The van der Waals surface area contributed by atoms with Gasteiger partial charge in [0.05, 0.1) is 18.2 Å². The van der Waals surface area contributed by atoms with E-state index >= 15 is 0 Å². The fourth-order valence-electron chi connectivity index (χ4n) is 1.73. The Hall–Kier alpha value is -2.70. The quantitative estimate of drug-likeness (QED) is 0.821. The number of nitrogens with zero attached hydrogens (tertiary/aromatic N) is 1. The number of carbonyl (C=O) groups is 2. The molecule has 2 N–H and O–H groups in total. The fraction of sp³-hybridized carbons (Fsp3) is 0.267. The highest BCUT2D eigenvalue weighted by atomic mass is 19.1. The van der Waals surface area contributed by atoms with Gasteiger partial charge in [0, 0.05) is 6.42 Å². The molecule has 0 fully saturated rings. The van der Waals surface area contributed by atoms with Gasteiger partial charge in [-0.1, -0.05) is 12.1 Å². The lowest BCUT2D eigenvalue weighted by Crippen LogP contribution is -2.30. The second-order valence-electron chi connectivity index (χ2n) is 4.63. The Morgan fingerprint density at radius 3 is 2.82 bits per heavy atom. The molecule has 0 saturated heterocycles. The maximum absolute atomic E-state index is 13.6. The summed E-state index contributed by atoms with van der Waals surface area (Å²) in [6, 6.07) is 6.15. The first kappa shape index (κ1) is 15.7. The van der Waals surface area contributed by atoms with Crippen molar-refractivity contribution >= 4 is 11.9 Å². The predicted molar refractivity (Wildman–Crippen MR) is 75.0 cm³/mol. The zero-order chi connectivity index (χ0) is 16.1. The molecule has 0 radical (unpaired) electrons. The first-order valence-electron chi connectivity index (χ1n) is 6.65. The van der Waals surface area contributed by atoms with Crippen molar-refractivity contribution < 1.29 is 23.1 Å². The van der Waals surface area contributed by atoms with E-state index in [4.69, 9.17) is 14.9 Å². The molecular weight excluding hydrogens is 291 g/mol.